The number of rotatable bonds is 10. The van der Waals surface area contributed by atoms with Crippen molar-refractivity contribution in [3.05, 3.63) is 58.7 Å². The van der Waals surface area contributed by atoms with Crippen molar-refractivity contribution in [3.63, 3.8) is 0 Å². The third-order valence-electron chi connectivity index (χ3n) is 4.67. The Morgan fingerprint density at radius 1 is 0.867 bits per heavy atom. The molecule has 2 aromatic rings. The molecule has 0 spiro atoms. The average molecular weight is 412 g/mol. The first kappa shape index (κ1) is 23.1. The number of Topliss-reactive ketones (excluding diaryl/α,β-unsaturated/α-hetero) is 2. The fourth-order valence-electron chi connectivity index (χ4n) is 3.07. The lowest BCUT2D eigenvalue weighted by Gasteiger charge is -2.24. The second-order valence-corrected chi connectivity index (χ2v) is 7.31. The van der Waals surface area contributed by atoms with E-state index in [-0.39, 0.29) is 53.2 Å². The Hall–Kier alpha value is -3.19. The molecule has 0 saturated heterocycles. The van der Waals surface area contributed by atoms with Crippen LogP contribution in [-0.4, -0.2) is 32.7 Å². The van der Waals surface area contributed by atoms with Gasteiger partial charge in [0.05, 0.1) is 11.1 Å². The molecule has 3 N–H and O–H groups in total. The van der Waals surface area contributed by atoms with E-state index in [1.165, 1.54) is 26.0 Å². The lowest BCUT2D eigenvalue weighted by Crippen LogP contribution is -2.41. The number of carbonyl (C=O) groups excluding carboxylic acids is 3. The van der Waals surface area contributed by atoms with Gasteiger partial charge < -0.3 is 10.2 Å². The topological polar surface area (TPSA) is 107 Å². The number of hydrogen-bond donors (Lipinski definition) is 3. The summed E-state index contributed by atoms with van der Waals surface area (Å²) in [6, 6.07) is 9.48. The second kappa shape index (κ2) is 10.5. The first-order valence-corrected chi connectivity index (χ1v) is 9.91. The third-order valence-corrected chi connectivity index (χ3v) is 4.67. The Morgan fingerprint density at radius 2 is 1.33 bits per heavy atom. The molecule has 2 rings (SSSR count). The number of benzene rings is 2. The van der Waals surface area contributed by atoms with Gasteiger partial charge in [-0.05, 0) is 55.7 Å². The highest BCUT2D eigenvalue weighted by Gasteiger charge is 2.15. The van der Waals surface area contributed by atoms with E-state index in [1.54, 1.807) is 29.3 Å². The van der Waals surface area contributed by atoms with Gasteiger partial charge in [-0.15, -0.1) is 0 Å². The second-order valence-electron chi connectivity index (χ2n) is 7.31. The van der Waals surface area contributed by atoms with Gasteiger partial charge in [0.2, 0.25) is 5.91 Å². The number of phenols is 2. The first-order valence-electron chi connectivity index (χ1n) is 9.91. The molecule has 0 fully saturated rings. The van der Waals surface area contributed by atoms with Gasteiger partial charge in [0.25, 0.3) is 0 Å². The van der Waals surface area contributed by atoms with E-state index in [4.69, 9.17) is 0 Å². The molecule has 7 nitrogen and oxygen atoms in total. The van der Waals surface area contributed by atoms with Crippen molar-refractivity contribution in [2.24, 2.45) is 0 Å². The van der Waals surface area contributed by atoms with Crippen molar-refractivity contribution in [1.82, 2.24) is 10.4 Å². The quantitative estimate of drug-likeness (QED) is 0.405. The number of nitrogens with zero attached hydrogens (tertiary/aromatic N) is 1. The minimum atomic E-state index is -0.252. The lowest BCUT2D eigenvalue weighted by molar-refractivity contribution is -0.126. The monoisotopic (exact) mass is 412 g/mol. The van der Waals surface area contributed by atoms with E-state index in [0.717, 1.165) is 24.0 Å². The Morgan fingerprint density at radius 3 is 1.73 bits per heavy atom. The summed E-state index contributed by atoms with van der Waals surface area (Å²) in [5.41, 5.74) is 4.78. The first-order chi connectivity index (χ1) is 14.2. The smallest absolute Gasteiger partial charge is 0.234 e. The van der Waals surface area contributed by atoms with Gasteiger partial charge in [-0.3, -0.25) is 19.8 Å². The van der Waals surface area contributed by atoms with E-state index < -0.39 is 0 Å². The maximum absolute atomic E-state index is 12.3. The van der Waals surface area contributed by atoms with E-state index in [0.29, 0.717) is 6.42 Å². The summed E-state index contributed by atoms with van der Waals surface area (Å²) < 4.78 is 0. The number of nitrogens with one attached hydrogen (secondary N) is 1. The molecule has 0 atom stereocenters. The van der Waals surface area contributed by atoms with E-state index >= 15 is 0 Å². The van der Waals surface area contributed by atoms with Crippen LogP contribution in [-0.2, 0) is 17.9 Å². The molecular weight excluding hydrogens is 384 g/mol. The Balaban J connectivity index is 2.28. The molecule has 0 bridgehead atoms. The van der Waals surface area contributed by atoms with Crippen LogP contribution in [0.4, 0.5) is 0 Å². The normalized spacial score (nSPS) is 10.8. The summed E-state index contributed by atoms with van der Waals surface area (Å²) in [5, 5.41) is 21.4. The largest absolute Gasteiger partial charge is 0.507 e. The molecule has 2 aromatic carbocycles. The summed E-state index contributed by atoms with van der Waals surface area (Å²) in [6.45, 7) is 5.33. The molecule has 0 aliphatic carbocycles. The molecule has 0 aliphatic rings. The Bertz CT molecular complexity index is 874. The predicted octanol–water partition coefficient (Wildman–Crippen LogP) is 3.73. The molecule has 0 heterocycles. The van der Waals surface area contributed by atoms with Crippen LogP contribution in [0.2, 0.25) is 0 Å². The summed E-state index contributed by atoms with van der Waals surface area (Å²) in [7, 11) is 0. The minimum absolute atomic E-state index is 0.0885. The Labute approximate surface area is 176 Å². The zero-order valence-electron chi connectivity index (χ0n) is 17.6. The van der Waals surface area contributed by atoms with E-state index in [9.17, 15) is 24.6 Å². The number of amides is 1. The van der Waals surface area contributed by atoms with Gasteiger partial charge in [0, 0.05) is 19.5 Å². The van der Waals surface area contributed by atoms with Crippen molar-refractivity contribution in [2.75, 3.05) is 0 Å². The lowest BCUT2D eigenvalue weighted by atomic mass is 10.1. The van der Waals surface area contributed by atoms with Gasteiger partial charge in [-0.2, -0.15) is 0 Å². The van der Waals surface area contributed by atoms with Crippen molar-refractivity contribution >= 4 is 17.5 Å². The summed E-state index contributed by atoms with van der Waals surface area (Å²) in [6.07, 6.45) is 2.05. The van der Waals surface area contributed by atoms with Crippen LogP contribution in [0, 0.1) is 0 Å². The standard InChI is InChI=1S/C23H28N2O5/c1-4-5-6-23(30)24-25(13-17-7-9-21(28)19(11-17)15(2)26)14-18-8-10-22(29)20(12-18)16(3)27/h7-12,28-29H,4-6,13-14H2,1-3H3,(H,24,30). The van der Waals surface area contributed by atoms with Gasteiger partial charge in [-0.1, -0.05) is 25.5 Å². The number of carbonyl (C=O) groups is 3. The number of hydrazine groups is 1. The van der Waals surface area contributed by atoms with Crippen molar-refractivity contribution in [1.29, 1.82) is 0 Å². The van der Waals surface area contributed by atoms with E-state index in [1.807, 2.05) is 6.92 Å². The molecule has 1 amide bonds. The van der Waals surface area contributed by atoms with Crippen molar-refractivity contribution in [2.45, 2.75) is 53.1 Å². The molecule has 0 radical (unpaired) electrons. The fraction of sp³-hybridized carbons (Fsp3) is 0.348. The SMILES string of the molecule is CCCCC(=O)NN(Cc1ccc(O)c(C(C)=O)c1)Cc1ccc(O)c(C(C)=O)c1. The predicted molar refractivity (Wildman–Crippen MR) is 113 cm³/mol. The molecule has 0 saturated carbocycles. The molecule has 0 aromatic heterocycles. The van der Waals surface area contributed by atoms with Crippen LogP contribution < -0.4 is 5.43 Å². The molecule has 7 heteroatoms. The number of unbranched alkanes of at least 4 members (excludes halogenated alkanes) is 1. The zero-order chi connectivity index (χ0) is 22.3. The van der Waals surface area contributed by atoms with Crippen LogP contribution in [0.25, 0.3) is 0 Å². The molecule has 30 heavy (non-hydrogen) atoms. The fourth-order valence-corrected chi connectivity index (χ4v) is 3.07. The zero-order valence-corrected chi connectivity index (χ0v) is 17.6. The maximum Gasteiger partial charge on any atom is 0.234 e. The van der Waals surface area contributed by atoms with Gasteiger partial charge in [0.15, 0.2) is 11.6 Å². The van der Waals surface area contributed by atoms with Gasteiger partial charge >= 0.3 is 0 Å². The van der Waals surface area contributed by atoms with Crippen LogP contribution >= 0.6 is 0 Å². The minimum Gasteiger partial charge on any atom is -0.507 e. The highest BCUT2D eigenvalue weighted by atomic mass is 16.3. The third kappa shape index (κ3) is 6.42. The van der Waals surface area contributed by atoms with Gasteiger partial charge in [-0.25, -0.2) is 5.01 Å². The number of phenolic OH excluding ortho intramolecular Hbond substituents is 2. The number of aromatic hydroxyl groups is 2. The van der Waals surface area contributed by atoms with Crippen molar-refractivity contribution in [3.8, 4) is 11.5 Å². The Kier molecular flexibility index (Phi) is 8.12. The number of hydrogen-bond acceptors (Lipinski definition) is 6. The van der Waals surface area contributed by atoms with Crippen molar-refractivity contribution < 1.29 is 24.6 Å². The summed E-state index contributed by atoms with van der Waals surface area (Å²) in [4.78, 5) is 35.8. The van der Waals surface area contributed by atoms with Crippen LogP contribution in [0.15, 0.2) is 36.4 Å². The van der Waals surface area contributed by atoms with Crippen LogP contribution in [0.1, 0.15) is 71.9 Å². The highest BCUT2D eigenvalue weighted by Crippen LogP contribution is 2.22. The summed E-state index contributed by atoms with van der Waals surface area (Å²) >= 11 is 0. The van der Waals surface area contributed by atoms with E-state index in [2.05, 4.69) is 5.43 Å². The average Bonchev–Trinajstić information content (AvgIpc) is 2.68. The summed E-state index contributed by atoms with van der Waals surface area (Å²) in [5.74, 6) is -0.813. The molecule has 160 valence electrons. The van der Waals surface area contributed by atoms with Gasteiger partial charge in [0.1, 0.15) is 11.5 Å². The highest BCUT2D eigenvalue weighted by molar-refractivity contribution is 5.97. The molecular formula is C23H28N2O5. The van der Waals surface area contributed by atoms with Crippen LogP contribution in [0.3, 0.4) is 0 Å². The van der Waals surface area contributed by atoms with Crippen LogP contribution in [0.5, 0.6) is 11.5 Å². The molecule has 0 aliphatic heterocycles. The molecule has 0 unspecified atom stereocenters. The number of ketones is 2. The maximum atomic E-state index is 12.3.